The Morgan fingerprint density at radius 1 is 1.00 bits per heavy atom. The molecule has 19 heavy (non-hydrogen) atoms. The van der Waals surface area contributed by atoms with Gasteiger partial charge in [0, 0.05) is 11.6 Å². The number of fused-ring (bicyclic) bond motifs is 1. The molecule has 0 unspecified atom stereocenters. The van der Waals surface area contributed by atoms with Gasteiger partial charge in [0.1, 0.15) is 0 Å². The molecule has 2 rings (SSSR count). The van der Waals surface area contributed by atoms with Crippen LogP contribution in [0.3, 0.4) is 0 Å². The predicted molar refractivity (Wildman–Crippen MR) is 79.5 cm³/mol. The number of hydrogen-bond acceptors (Lipinski definition) is 1. The summed E-state index contributed by atoms with van der Waals surface area (Å²) in [6.07, 6.45) is 8.85. The smallest absolute Gasteiger partial charge is 0.251 e. The minimum atomic E-state index is 0.0534. The summed E-state index contributed by atoms with van der Waals surface area (Å²) in [6, 6.07) is 6.45. The maximum Gasteiger partial charge on any atom is 0.251 e. The van der Waals surface area contributed by atoms with Crippen LogP contribution in [0.15, 0.2) is 18.2 Å². The first-order valence-electron chi connectivity index (χ1n) is 7.59. The first-order chi connectivity index (χ1) is 9.16. The van der Waals surface area contributed by atoms with E-state index in [1.54, 1.807) is 0 Å². The van der Waals surface area contributed by atoms with E-state index < -0.39 is 0 Å². The van der Waals surface area contributed by atoms with Crippen LogP contribution in [0.25, 0.3) is 0 Å². The maximum atomic E-state index is 12.1. The third-order valence-electron chi connectivity index (χ3n) is 3.78. The van der Waals surface area contributed by atoms with Crippen molar-refractivity contribution < 1.29 is 4.79 Å². The second-order valence-corrected chi connectivity index (χ2v) is 5.88. The zero-order valence-electron chi connectivity index (χ0n) is 12.2. The first-order valence-corrected chi connectivity index (χ1v) is 7.59. The van der Waals surface area contributed by atoms with Gasteiger partial charge in [-0.15, -0.1) is 0 Å². The number of hydrogen-bond donors (Lipinski definition) is 1. The number of carbonyl (C=O) groups is 1. The first kappa shape index (κ1) is 14.1. The minimum absolute atomic E-state index is 0.0534. The van der Waals surface area contributed by atoms with E-state index in [4.69, 9.17) is 0 Å². The van der Waals surface area contributed by atoms with E-state index in [0.29, 0.717) is 0 Å². The number of rotatable bonds is 2. The van der Waals surface area contributed by atoms with Crippen LogP contribution in [0.5, 0.6) is 0 Å². The van der Waals surface area contributed by atoms with Crippen molar-refractivity contribution in [1.29, 1.82) is 0 Å². The molecule has 0 aromatic heterocycles. The highest BCUT2D eigenvalue weighted by Crippen LogP contribution is 2.21. The summed E-state index contributed by atoms with van der Waals surface area (Å²) in [5.74, 6) is 0.0534. The van der Waals surface area contributed by atoms with Crippen LogP contribution in [0.1, 0.15) is 67.4 Å². The largest absolute Gasteiger partial charge is 0.350 e. The van der Waals surface area contributed by atoms with E-state index in [2.05, 4.69) is 17.4 Å². The van der Waals surface area contributed by atoms with Crippen LogP contribution >= 0.6 is 0 Å². The van der Waals surface area contributed by atoms with Crippen LogP contribution in [0, 0.1) is 0 Å². The van der Waals surface area contributed by atoms with Gasteiger partial charge in [-0.2, -0.15) is 0 Å². The fourth-order valence-electron chi connectivity index (χ4n) is 2.75. The van der Waals surface area contributed by atoms with Crippen LogP contribution < -0.4 is 5.32 Å². The standard InChI is InChI=1S/C17H25NO/c1-13(2)18-17(19)16-11-10-14-8-6-4-3-5-7-9-15(14)12-16/h10-13H,3-9H2,1-2H3,(H,18,19). The number of amides is 1. The van der Waals surface area contributed by atoms with E-state index >= 15 is 0 Å². The Morgan fingerprint density at radius 3 is 2.32 bits per heavy atom. The van der Waals surface area contributed by atoms with E-state index in [0.717, 1.165) is 12.0 Å². The summed E-state index contributed by atoms with van der Waals surface area (Å²) in [5.41, 5.74) is 3.65. The van der Waals surface area contributed by atoms with Crippen molar-refractivity contribution in [3.05, 3.63) is 34.9 Å². The molecule has 1 aliphatic rings. The summed E-state index contributed by atoms with van der Waals surface area (Å²) >= 11 is 0. The number of benzene rings is 1. The molecular weight excluding hydrogens is 234 g/mol. The van der Waals surface area contributed by atoms with Gasteiger partial charge in [0.05, 0.1) is 0 Å². The van der Waals surface area contributed by atoms with E-state index in [9.17, 15) is 4.79 Å². The van der Waals surface area contributed by atoms with Crippen molar-refractivity contribution >= 4 is 5.91 Å². The van der Waals surface area contributed by atoms with Gasteiger partial charge in [0.25, 0.3) is 5.91 Å². The summed E-state index contributed by atoms with van der Waals surface area (Å²) < 4.78 is 0. The molecule has 1 aromatic carbocycles. The van der Waals surface area contributed by atoms with Gasteiger partial charge in [0.2, 0.25) is 0 Å². The third-order valence-corrected chi connectivity index (χ3v) is 3.78. The molecule has 0 fully saturated rings. The molecule has 2 heteroatoms. The quantitative estimate of drug-likeness (QED) is 0.858. The Kier molecular flexibility index (Phi) is 5.00. The molecule has 1 N–H and O–H groups in total. The maximum absolute atomic E-state index is 12.1. The van der Waals surface area contributed by atoms with Crippen molar-refractivity contribution in [2.45, 2.75) is 64.8 Å². The Balaban J connectivity index is 2.18. The van der Waals surface area contributed by atoms with Crippen LogP contribution in [-0.2, 0) is 12.8 Å². The zero-order valence-corrected chi connectivity index (χ0v) is 12.2. The minimum Gasteiger partial charge on any atom is -0.350 e. The molecule has 1 aromatic rings. The Bertz CT molecular complexity index is 437. The summed E-state index contributed by atoms with van der Waals surface area (Å²) in [4.78, 5) is 12.1. The van der Waals surface area contributed by atoms with Crippen molar-refractivity contribution in [2.75, 3.05) is 0 Å². The summed E-state index contributed by atoms with van der Waals surface area (Å²) in [6.45, 7) is 3.99. The normalized spacial score (nSPS) is 16.2. The highest BCUT2D eigenvalue weighted by molar-refractivity contribution is 5.94. The van der Waals surface area contributed by atoms with Crippen LogP contribution in [-0.4, -0.2) is 11.9 Å². The van der Waals surface area contributed by atoms with Crippen LogP contribution in [0.4, 0.5) is 0 Å². The predicted octanol–water partition coefficient (Wildman–Crippen LogP) is 3.87. The lowest BCUT2D eigenvalue weighted by molar-refractivity contribution is 0.0943. The van der Waals surface area contributed by atoms with Gasteiger partial charge in [-0.1, -0.05) is 25.3 Å². The topological polar surface area (TPSA) is 29.1 Å². The highest BCUT2D eigenvalue weighted by Gasteiger charge is 2.11. The van der Waals surface area contributed by atoms with Gasteiger partial charge >= 0.3 is 0 Å². The SMILES string of the molecule is CC(C)NC(=O)c1ccc2c(c1)CCCCCCC2. The summed E-state index contributed by atoms with van der Waals surface area (Å²) in [5, 5.41) is 2.97. The van der Waals surface area contributed by atoms with Crippen molar-refractivity contribution in [2.24, 2.45) is 0 Å². The van der Waals surface area contributed by atoms with E-state index in [1.807, 2.05) is 19.9 Å². The number of aryl methyl sites for hydroxylation is 2. The van der Waals surface area contributed by atoms with Gasteiger partial charge in [-0.3, -0.25) is 4.79 Å². The molecule has 1 amide bonds. The van der Waals surface area contributed by atoms with E-state index in [1.165, 1.54) is 49.7 Å². The second kappa shape index (κ2) is 6.74. The lowest BCUT2D eigenvalue weighted by Gasteiger charge is -2.12. The lowest BCUT2D eigenvalue weighted by atomic mass is 9.97. The zero-order chi connectivity index (χ0) is 13.7. The van der Waals surface area contributed by atoms with Gasteiger partial charge in [-0.05, 0) is 62.8 Å². The van der Waals surface area contributed by atoms with E-state index in [-0.39, 0.29) is 11.9 Å². The highest BCUT2D eigenvalue weighted by atomic mass is 16.1. The summed E-state index contributed by atoms with van der Waals surface area (Å²) in [7, 11) is 0. The average molecular weight is 259 g/mol. The van der Waals surface area contributed by atoms with Crippen molar-refractivity contribution in [3.63, 3.8) is 0 Å². The molecule has 0 atom stereocenters. The Morgan fingerprint density at radius 2 is 1.63 bits per heavy atom. The molecule has 104 valence electrons. The van der Waals surface area contributed by atoms with Crippen molar-refractivity contribution in [3.8, 4) is 0 Å². The fourth-order valence-corrected chi connectivity index (χ4v) is 2.75. The average Bonchev–Trinajstić information content (AvgIpc) is 2.48. The lowest BCUT2D eigenvalue weighted by Crippen LogP contribution is -2.30. The second-order valence-electron chi connectivity index (χ2n) is 5.88. The molecule has 2 nitrogen and oxygen atoms in total. The van der Waals surface area contributed by atoms with Gasteiger partial charge in [-0.25, -0.2) is 0 Å². The monoisotopic (exact) mass is 259 g/mol. The molecular formula is C17H25NO. The molecule has 0 heterocycles. The van der Waals surface area contributed by atoms with Crippen molar-refractivity contribution in [1.82, 2.24) is 5.32 Å². The van der Waals surface area contributed by atoms with Crippen LogP contribution in [0.2, 0.25) is 0 Å². The third kappa shape index (κ3) is 4.09. The molecule has 0 saturated heterocycles. The molecule has 0 saturated carbocycles. The number of nitrogens with one attached hydrogen (secondary N) is 1. The molecule has 0 radical (unpaired) electrons. The van der Waals surface area contributed by atoms with Gasteiger partial charge in [0.15, 0.2) is 0 Å². The molecule has 0 spiro atoms. The molecule has 0 bridgehead atoms. The molecule has 0 aliphatic heterocycles. The fraction of sp³-hybridized carbons (Fsp3) is 0.588. The Hall–Kier alpha value is -1.31. The number of carbonyl (C=O) groups excluding carboxylic acids is 1. The Labute approximate surface area is 116 Å². The molecule has 1 aliphatic carbocycles. The van der Waals surface area contributed by atoms with Gasteiger partial charge < -0.3 is 5.32 Å².